The van der Waals surface area contributed by atoms with Gasteiger partial charge in [0.05, 0.1) is 10.5 Å². The fraction of sp³-hybridized carbons (Fsp3) is 0.0833. The first-order chi connectivity index (χ1) is 14.6. The molecule has 0 aromatic heterocycles. The molecule has 0 atom stereocenters. The molecule has 3 aromatic rings. The van der Waals surface area contributed by atoms with Crippen LogP contribution in [0.4, 0.5) is 11.4 Å². The molecule has 0 spiro atoms. The molecule has 0 heterocycles. The minimum Gasteiger partial charge on any atom is -0.489 e. The summed E-state index contributed by atoms with van der Waals surface area (Å²) in [7, 11) is 0. The zero-order valence-electron chi connectivity index (χ0n) is 16.4. The average Bonchev–Trinajstić information content (AvgIpc) is 2.77. The lowest BCUT2D eigenvalue weighted by Crippen LogP contribution is -2.02. The van der Waals surface area contributed by atoms with Crippen LogP contribution in [0.3, 0.4) is 0 Å². The van der Waals surface area contributed by atoms with Gasteiger partial charge in [0, 0.05) is 24.4 Å². The summed E-state index contributed by atoms with van der Waals surface area (Å²) in [4.78, 5) is 10.8. The molecule has 0 saturated carbocycles. The lowest BCUT2D eigenvalue weighted by atomic mass is 10.1. The molecule has 6 heteroatoms. The van der Waals surface area contributed by atoms with Gasteiger partial charge in [-0.15, -0.1) is 0 Å². The van der Waals surface area contributed by atoms with E-state index < -0.39 is 4.92 Å². The second kappa shape index (κ2) is 9.93. The van der Waals surface area contributed by atoms with Crippen molar-refractivity contribution >= 4 is 17.5 Å². The van der Waals surface area contributed by atoms with Crippen LogP contribution in [0, 0.1) is 10.1 Å². The minimum absolute atomic E-state index is 0.0260. The number of ether oxygens (including phenoxy) is 2. The summed E-state index contributed by atoms with van der Waals surface area (Å²) in [6.45, 7) is 8.26. The molecule has 0 aliphatic carbocycles. The van der Waals surface area contributed by atoms with Crippen LogP contribution in [0.1, 0.15) is 11.1 Å². The summed E-state index contributed by atoms with van der Waals surface area (Å²) in [6.07, 6.45) is 3.18. The van der Waals surface area contributed by atoms with Crippen molar-refractivity contribution in [1.29, 1.82) is 0 Å². The van der Waals surface area contributed by atoms with Crippen molar-refractivity contribution in [3.05, 3.63) is 107 Å². The van der Waals surface area contributed by atoms with Crippen LogP contribution in [-0.4, -0.2) is 11.5 Å². The highest BCUT2D eigenvalue weighted by atomic mass is 16.6. The van der Waals surface area contributed by atoms with E-state index in [0.29, 0.717) is 41.7 Å². The molecule has 3 aromatic carbocycles. The third-order valence-corrected chi connectivity index (χ3v) is 4.30. The highest BCUT2D eigenvalue weighted by Crippen LogP contribution is 2.28. The van der Waals surface area contributed by atoms with Gasteiger partial charge < -0.3 is 14.8 Å². The van der Waals surface area contributed by atoms with E-state index in [-0.39, 0.29) is 5.69 Å². The second-order valence-corrected chi connectivity index (χ2v) is 6.37. The largest absolute Gasteiger partial charge is 0.489 e. The maximum atomic E-state index is 11.2. The number of rotatable bonds is 10. The van der Waals surface area contributed by atoms with Crippen molar-refractivity contribution in [3.63, 3.8) is 0 Å². The normalized spacial score (nSPS) is 10.1. The maximum Gasteiger partial charge on any atom is 0.278 e. The lowest BCUT2D eigenvalue weighted by molar-refractivity contribution is -0.385. The fourth-order valence-corrected chi connectivity index (χ4v) is 2.87. The molecule has 0 aliphatic rings. The Kier molecular flexibility index (Phi) is 6.84. The van der Waals surface area contributed by atoms with E-state index in [9.17, 15) is 10.1 Å². The molecule has 0 radical (unpaired) electrons. The fourth-order valence-electron chi connectivity index (χ4n) is 2.87. The number of hydrogen-bond acceptors (Lipinski definition) is 5. The van der Waals surface area contributed by atoms with Gasteiger partial charge in [0.25, 0.3) is 5.69 Å². The number of hydrogen-bond donors (Lipinski definition) is 1. The van der Waals surface area contributed by atoms with E-state index in [4.69, 9.17) is 9.47 Å². The molecule has 152 valence electrons. The second-order valence-electron chi connectivity index (χ2n) is 6.37. The van der Waals surface area contributed by atoms with Gasteiger partial charge in [0.1, 0.15) is 23.9 Å². The van der Waals surface area contributed by atoms with Crippen molar-refractivity contribution in [3.8, 4) is 17.2 Å². The van der Waals surface area contributed by atoms with E-state index in [1.807, 2.05) is 48.5 Å². The molecule has 0 fully saturated rings. The minimum atomic E-state index is -0.411. The Bertz CT molecular complexity index is 1050. The van der Waals surface area contributed by atoms with Crippen molar-refractivity contribution < 1.29 is 14.4 Å². The number of benzene rings is 3. The molecule has 30 heavy (non-hydrogen) atoms. The van der Waals surface area contributed by atoms with Crippen molar-refractivity contribution in [1.82, 2.24) is 0 Å². The van der Waals surface area contributed by atoms with E-state index in [1.54, 1.807) is 18.2 Å². The Morgan fingerprint density at radius 1 is 0.967 bits per heavy atom. The smallest absolute Gasteiger partial charge is 0.278 e. The van der Waals surface area contributed by atoms with Gasteiger partial charge in [-0.3, -0.25) is 10.1 Å². The van der Waals surface area contributed by atoms with Crippen LogP contribution in [0.2, 0.25) is 0 Å². The standard InChI is InChI=1S/C24H22N2O4/c1-3-15-29-20-7-5-8-21(16-20)30-19-13-11-18(12-14-19)17-25-23-9-6-10-24(26(27)28)22(23)4-2/h3-14,16,25H,1-2,15,17H2. The highest BCUT2D eigenvalue weighted by molar-refractivity contribution is 5.73. The summed E-state index contributed by atoms with van der Waals surface area (Å²) in [5.74, 6) is 2.08. The summed E-state index contributed by atoms with van der Waals surface area (Å²) < 4.78 is 11.4. The number of anilines is 1. The monoisotopic (exact) mass is 402 g/mol. The molecule has 6 nitrogen and oxygen atoms in total. The number of nitrogens with one attached hydrogen (secondary N) is 1. The molecular formula is C24H22N2O4. The van der Waals surface area contributed by atoms with Crippen LogP contribution >= 0.6 is 0 Å². The van der Waals surface area contributed by atoms with Crippen LogP contribution < -0.4 is 14.8 Å². The van der Waals surface area contributed by atoms with Crippen molar-refractivity contribution in [2.75, 3.05) is 11.9 Å². The van der Waals surface area contributed by atoms with E-state index in [1.165, 1.54) is 12.1 Å². The first kappa shape index (κ1) is 20.7. The Hall–Kier alpha value is -4.06. The van der Waals surface area contributed by atoms with Gasteiger partial charge in [-0.05, 0) is 35.9 Å². The molecule has 0 unspecified atom stereocenters. The zero-order chi connectivity index (χ0) is 21.3. The summed E-state index contributed by atoms with van der Waals surface area (Å²) in [5, 5.41) is 14.4. The topological polar surface area (TPSA) is 73.6 Å². The van der Waals surface area contributed by atoms with Crippen LogP contribution in [-0.2, 0) is 6.54 Å². The molecule has 0 amide bonds. The molecule has 1 N–H and O–H groups in total. The molecular weight excluding hydrogens is 380 g/mol. The number of nitro benzene ring substituents is 1. The zero-order valence-corrected chi connectivity index (χ0v) is 16.4. The van der Waals surface area contributed by atoms with Gasteiger partial charge in [0.2, 0.25) is 0 Å². The predicted octanol–water partition coefficient (Wildman–Crippen LogP) is 6.21. The molecule has 0 bridgehead atoms. The highest BCUT2D eigenvalue weighted by Gasteiger charge is 2.14. The first-order valence-electron chi connectivity index (χ1n) is 9.35. The maximum absolute atomic E-state index is 11.2. The average molecular weight is 402 g/mol. The molecule has 0 saturated heterocycles. The summed E-state index contributed by atoms with van der Waals surface area (Å²) >= 11 is 0. The third kappa shape index (κ3) is 5.26. The number of nitrogens with zero attached hydrogens (tertiary/aromatic N) is 1. The molecule has 0 aliphatic heterocycles. The van der Waals surface area contributed by atoms with Gasteiger partial charge in [-0.1, -0.05) is 49.6 Å². The van der Waals surface area contributed by atoms with Gasteiger partial charge in [-0.2, -0.15) is 0 Å². The quantitative estimate of drug-likeness (QED) is 0.248. The van der Waals surface area contributed by atoms with Crippen molar-refractivity contribution in [2.45, 2.75) is 6.54 Å². The Morgan fingerprint density at radius 3 is 2.40 bits per heavy atom. The third-order valence-electron chi connectivity index (χ3n) is 4.30. The summed E-state index contributed by atoms with van der Waals surface area (Å²) in [5.41, 5.74) is 2.17. The Labute approximate surface area is 175 Å². The Morgan fingerprint density at radius 2 is 1.70 bits per heavy atom. The lowest BCUT2D eigenvalue weighted by Gasteiger charge is -2.11. The van der Waals surface area contributed by atoms with Crippen LogP contribution in [0.15, 0.2) is 86.0 Å². The predicted molar refractivity (Wildman–Crippen MR) is 119 cm³/mol. The van der Waals surface area contributed by atoms with Gasteiger partial charge >= 0.3 is 0 Å². The van der Waals surface area contributed by atoms with E-state index >= 15 is 0 Å². The van der Waals surface area contributed by atoms with Crippen molar-refractivity contribution in [2.24, 2.45) is 0 Å². The van der Waals surface area contributed by atoms with E-state index in [0.717, 1.165) is 5.56 Å². The van der Waals surface area contributed by atoms with Gasteiger partial charge in [-0.25, -0.2) is 0 Å². The SMILES string of the molecule is C=CCOc1cccc(Oc2ccc(CNc3cccc([N+](=O)[O-])c3C=C)cc2)c1. The Balaban J connectivity index is 1.64. The van der Waals surface area contributed by atoms with Crippen LogP contribution in [0.25, 0.3) is 6.08 Å². The van der Waals surface area contributed by atoms with E-state index in [2.05, 4.69) is 18.5 Å². The van der Waals surface area contributed by atoms with Gasteiger partial charge in [0.15, 0.2) is 0 Å². The molecule has 3 rings (SSSR count). The first-order valence-corrected chi connectivity index (χ1v) is 9.35. The number of nitro groups is 1. The summed E-state index contributed by atoms with van der Waals surface area (Å²) in [6, 6.07) is 19.9. The van der Waals surface area contributed by atoms with Crippen LogP contribution in [0.5, 0.6) is 17.2 Å².